The van der Waals surface area contributed by atoms with E-state index in [0.717, 1.165) is 14.2 Å². The summed E-state index contributed by atoms with van der Waals surface area (Å²) in [5.74, 6) is -1.21. The number of nitrogens with zero attached hydrogens (tertiary/aromatic N) is 1. The summed E-state index contributed by atoms with van der Waals surface area (Å²) in [6.45, 7) is 0. The Morgan fingerprint density at radius 3 is 1.89 bits per heavy atom. The van der Waals surface area contributed by atoms with E-state index in [1.54, 1.807) is 0 Å². The molecule has 0 rings (SSSR count). The van der Waals surface area contributed by atoms with Crippen molar-refractivity contribution in [3.63, 3.8) is 0 Å². The summed E-state index contributed by atoms with van der Waals surface area (Å²) >= 11 is 0. The van der Waals surface area contributed by atoms with Gasteiger partial charge in [0.25, 0.3) is 5.90 Å². The minimum Gasteiger partial charge on any atom is -0.478 e. The van der Waals surface area contributed by atoms with E-state index in [0.29, 0.717) is 0 Å². The predicted octanol–water partition coefficient (Wildman–Crippen LogP) is 1.22. The molecule has 0 unspecified atom stereocenters. The van der Waals surface area contributed by atoms with Gasteiger partial charge in [-0.3, -0.25) is 4.99 Å². The zero-order valence-electron chi connectivity index (χ0n) is 4.99. The van der Waals surface area contributed by atoms with Gasteiger partial charge in [-0.2, -0.15) is 13.2 Å². The Bertz CT molecular complexity index is 117. The second kappa shape index (κ2) is 2.70. The molecule has 0 aliphatic heterocycles. The Kier molecular flexibility index (Phi) is 2.48. The van der Waals surface area contributed by atoms with E-state index in [1.165, 1.54) is 0 Å². The summed E-state index contributed by atoms with van der Waals surface area (Å²) < 4.78 is 38.3. The summed E-state index contributed by atoms with van der Waals surface area (Å²) in [6.07, 6.45) is -4.45. The zero-order valence-corrected chi connectivity index (χ0v) is 4.99. The lowest BCUT2D eigenvalue weighted by Crippen LogP contribution is -2.24. The molecular weight excluding hydrogens is 135 g/mol. The maximum absolute atomic E-state index is 11.5. The largest absolute Gasteiger partial charge is 0.478 e. The molecule has 9 heavy (non-hydrogen) atoms. The van der Waals surface area contributed by atoms with Gasteiger partial charge in [0.05, 0.1) is 7.11 Å². The Labute approximate surface area is 50.3 Å². The highest BCUT2D eigenvalue weighted by Crippen LogP contribution is 2.16. The Hall–Kier alpha value is -0.740. The first-order valence-electron chi connectivity index (χ1n) is 2.10. The minimum atomic E-state index is -4.45. The van der Waals surface area contributed by atoms with Crippen molar-refractivity contribution in [2.45, 2.75) is 6.18 Å². The van der Waals surface area contributed by atoms with Crippen molar-refractivity contribution in [2.75, 3.05) is 14.2 Å². The Morgan fingerprint density at radius 1 is 1.44 bits per heavy atom. The zero-order chi connectivity index (χ0) is 7.49. The van der Waals surface area contributed by atoms with Crippen LogP contribution in [0.15, 0.2) is 4.99 Å². The van der Waals surface area contributed by atoms with E-state index in [2.05, 4.69) is 9.73 Å². The van der Waals surface area contributed by atoms with Gasteiger partial charge in [-0.15, -0.1) is 0 Å². The van der Waals surface area contributed by atoms with Crippen LogP contribution in [0.4, 0.5) is 13.2 Å². The van der Waals surface area contributed by atoms with E-state index in [4.69, 9.17) is 0 Å². The van der Waals surface area contributed by atoms with Gasteiger partial charge in [0.1, 0.15) is 0 Å². The van der Waals surface area contributed by atoms with Gasteiger partial charge in [0.2, 0.25) is 0 Å². The molecule has 0 aromatic rings. The van der Waals surface area contributed by atoms with Crippen LogP contribution in [0.3, 0.4) is 0 Å². The van der Waals surface area contributed by atoms with Crippen LogP contribution in [0, 0.1) is 0 Å². The number of halogens is 3. The normalized spacial score (nSPS) is 13.7. The highest BCUT2D eigenvalue weighted by Gasteiger charge is 2.36. The number of ether oxygens (including phenoxy) is 1. The maximum atomic E-state index is 11.5. The molecule has 0 spiro atoms. The number of alkyl halides is 3. The standard InChI is InChI=1S/C4H6F3NO/c1-8-3(9-2)4(5,6)7/h1-2H3/b8-3-. The van der Waals surface area contributed by atoms with E-state index >= 15 is 0 Å². The fourth-order valence-electron chi connectivity index (χ4n) is 0.334. The van der Waals surface area contributed by atoms with Gasteiger partial charge in [0, 0.05) is 7.05 Å². The van der Waals surface area contributed by atoms with Crippen molar-refractivity contribution in [3.8, 4) is 0 Å². The van der Waals surface area contributed by atoms with Gasteiger partial charge in [-0.25, -0.2) is 0 Å². The molecule has 0 bridgehead atoms. The average Bonchev–Trinajstić information content (AvgIpc) is 1.65. The van der Waals surface area contributed by atoms with Crippen molar-refractivity contribution in [2.24, 2.45) is 4.99 Å². The first kappa shape index (κ1) is 8.26. The van der Waals surface area contributed by atoms with Crippen LogP contribution in [-0.4, -0.2) is 26.2 Å². The Balaban J connectivity index is 4.14. The van der Waals surface area contributed by atoms with Crippen molar-refractivity contribution in [1.29, 1.82) is 0 Å². The molecule has 0 amide bonds. The molecule has 0 saturated carbocycles. The fraction of sp³-hybridized carbons (Fsp3) is 0.750. The number of hydrogen-bond acceptors (Lipinski definition) is 2. The van der Waals surface area contributed by atoms with Crippen LogP contribution in [0.2, 0.25) is 0 Å². The van der Waals surface area contributed by atoms with Gasteiger partial charge in [-0.1, -0.05) is 0 Å². The van der Waals surface area contributed by atoms with Crippen molar-refractivity contribution < 1.29 is 17.9 Å². The molecule has 0 radical (unpaired) electrons. The molecule has 2 nitrogen and oxygen atoms in total. The molecular formula is C4H6F3NO. The average molecular weight is 141 g/mol. The summed E-state index contributed by atoms with van der Waals surface area (Å²) in [5, 5.41) is 0. The molecule has 0 fully saturated rings. The predicted molar refractivity (Wildman–Crippen MR) is 26.4 cm³/mol. The van der Waals surface area contributed by atoms with Crippen molar-refractivity contribution in [3.05, 3.63) is 0 Å². The van der Waals surface area contributed by atoms with Crippen molar-refractivity contribution >= 4 is 5.90 Å². The molecule has 0 atom stereocenters. The molecule has 0 aromatic carbocycles. The van der Waals surface area contributed by atoms with Crippen LogP contribution >= 0.6 is 0 Å². The topological polar surface area (TPSA) is 21.6 Å². The van der Waals surface area contributed by atoms with Gasteiger partial charge < -0.3 is 4.74 Å². The molecule has 5 heteroatoms. The number of aliphatic imine (C=N–C) groups is 1. The SMILES string of the molecule is C/N=C(\OC)C(F)(F)F. The molecule has 0 aliphatic carbocycles. The lowest BCUT2D eigenvalue weighted by atomic mass is 10.6. The third-order valence-corrected chi connectivity index (χ3v) is 0.639. The number of methoxy groups -OCH3 is 1. The first-order valence-corrected chi connectivity index (χ1v) is 2.10. The fourth-order valence-corrected chi connectivity index (χ4v) is 0.334. The molecule has 0 heterocycles. The monoisotopic (exact) mass is 141 g/mol. The molecule has 0 N–H and O–H groups in total. The van der Waals surface area contributed by atoms with Crippen LogP contribution in [0.1, 0.15) is 0 Å². The Morgan fingerprint density at radius 2 is 1.89 bits per heavy atom. The van der Waals surface area contributed by atoms with E-state index in [9.17, 15) is 13.2 Å². The maximum Gasteiger partial charge on any atom is 0.468 e. The summed E-state index contributed by atoms with van der Waals surface area (Å²) in [5.41, 5.74) is 0. The molecule has 0 aromatic heterocycles. The lowest BCUT2D eigenvalue weighted by Gasteiger charge is -2.05. The van der Waals surface area contributed by atoms with Crippen LogP contribution < -0.4 is 0 Å². The van der Waals surface area contributed by atoms with Gasteiger partial charge >= 0.3 is 6.18 Å². The first-order chi connectivity index (χ1) is 4.02. The number of hydrogen-bond donors (Lipinski definition) is 0. The number of rotatable bonds is 0. The van der Waals surface area contributed by atoms with Crippen LogP contribution in [-0.2, 0) is 4.74 Å². The van der Waals surface area contributed by atoms with Gasteiger partial charge in [-0.05, 0) is 0 Å². The van der Waals surface area contributed by atoms with E-state index < -0.39 is 12.1 Å². The van der Waals surface area contributed by atoms with Crippen molar-refractivity contribution in [1.82, 2.24) is 0 Å². The third-order valence-electron chi connectivity index (χ3n) is 0.639. The van der Waals surface area contributed by atoms with E-state index in [1.807, 2.05) is 0 Å². The quantitative estimate of drug-likeness (QED) is 0.367. The minimum absolute atomic E-state index is 0.926. The third kappa shape index (κ3) is 2.34. The summed E-state index contributed by atoms with van der Waals surface area (Å²) in [6, 6.07) is 0. The summed E-state index contributed by atoms with van der Waals surface area (Å²) in [4.78, 5) is 2.85. The molecule has 0 saturated heterocycles. The van der Waals surface area contributed by atoms with E-state index in [-0.39, 0.29) is 0 Å². The van der Waals surface area contributed by atoms with Crippen LogP contribution in [0.25, 0.3) is 0 Å². The highest BCUT2D eigenvalue weighted by atomic mass is 19.4. The van der Waals surface area contributed by atoms with Crippen LogP contribution in [0.5, 0.6) is 0 Å². The second-order valence-corrected chi connectivity index (χ2v) is 1.23. The second-order valence-electron chi connectivity index (χ2n) is 1.23. The smallest absolute Gasteiger partial charge is 0.468 e. The molecule has 54 valence electrons. The summed E-state index contributed by atoms with van der Waals surface area (Å²) in [7, 11) is 1.95. The highest BCUT2D eigenvalue weighted by molar-refractivity contribution is 5.81. The lowest BCUT2D eigenvalue weighted by molar-refractivity contribution is -0.0756. The molecule has 0 aliphatic rings. The van der Waals surface area contributed by atoms with Gasteiger partial charge in [0.15, 0.2) is 0 Å².